The molecule has 2 aromatic carbocycles. The van der Waals surface area contributed by atoms with Crippen molar-refractivity contribution in [1.82, 2.24) is 15.0 Å². The van der Waals surface area contributed by atoms with Crippen molar-refractivity contribution >= 4 is 5.69 Å². The number of likely N-dealkylation sites (N-methyl/N-ethyl adjacent to an activating group) is 1. The highest BCUT2D eigenvalue weighted by atomic mass is 16.6. The van der Waals surface area contributed by atoms with E-state index in [1.807, 2.05) is 24.3 Å². The number of methoxy groups -OCH3 is 2. The van der Waals surface area contributed by atoms with E-state index >= 15 is 0 Å². The Balaban J connectivity index is 1.38. The molecule has 0 aliphatic rings. The number of nitrogens with zero attached hydrogens (tertiary/aromatic N) is 3. The number of benzene rings is 2. The van der Waals surface area contributed by atoms with Crippen molar-refractivity contribution in [2.24, 2.45) is 0 Å². The summed E-state index contributed by atoms with van der Waals surface area (Å²) >= 11 is 0. The Morgan fingerprint density at radius 3 is 2.50 bits per heavy atom. The van der Waals surface area contributed by atoms with Crippen LogP contribution in [0, 0.1) is 0 Å². The quantitative estimate of drug-likeness (QED) is 0.379. The van der Waals surface area contributed by atoms with Crippen molar-refractivity contribution in [3.05, 3.63) is 48.0 Å². The standard InChI is InChI=1S/C22H28N4O4/c1-26(13-11-16-5-10-19(27-2)20(15-16)28-3)12-4-14-29-22-24-21(30-25-22)17-6-8-18(23)9-7-17/h5-10,15H,4,11-14,23H2,1-3H3. The summed E-state index contributed by atoms with van der Waals surface area (Å²) in [4.78, 5) is 6.52. The molecule has 1 heterocycles. The molecule has 0 saturated carbocycles. The van der Waals surface area contributed by atoms with Gasteiger partial charge in [-0.05, 0) is 67.0 Å². The van der Waals surface area contributed by atoms with Gasteiger partial charge in [0.15, 0.2) is 11.5 Å². The Hall–Kier alpha value is -3.26. The molecule has 0 unspecified atom stereocenters. The van der Waals surface area contributed by atoms with Crippen LogP contribution >= 0.6 is 0 Å². The predicted octanol–water partition coefficient (Wildman–Crippen LogP) is 3.28. The van der Waals surface area contributed by atoms with E-state index in [0.717, 1.165) is 43.0 Å². The topological polar surface area (TPSA) is 95.9 Å². The second kappa shape index (κ2) is 10.5. The van der Waals surface area contributed by atoms with E-state index in [1.165, 1.54) is 5.56 Å². The van der Waals surface area contributed by atoms with Gasteiger partial charge in [-0.2, -0.15) is 4.98 Å². The summed E-state index contributed by atoms with van der Waals surface area (Å²) in [5, 5.41) is 3.86. The zero-order valence-corrected chi connectivity index (χ0v) is 17.6. The van der Waals surface area contributed by atoms with Crippen molar-refractivity contribution < 1.29 is 18.7 Å². The van der Waals surface area contributed by atoms with Gasteiger partial charge in [-0.1, -0.05) is 6.07 Å². The molecular formula is C22H28N4O4. The summed E-state index contributed by atoms with van der Waals surface area (Å²) in [6.07, 6.45) is 1.78. The maximum Gasteiger partial charge on any atom is 0.354 e. The van der Waals surface area contributed by atoms with E-state index in [9.17, 15) is 0 Å². The Labute approximate surface area is 176 Å². The third kappa shape index (κ3) is 5.87. The summed E-state index contributed by atoms with van der Waals surface area (Å²) in [5.74, 6) is 1.91. The first-order valence-corrected chi connectivity index (χ1v) is 9.81. The number of hydrogen-bond acceptors (Lipinski definition) is 8. The Morgan fingerprint density at radius 2 is 1.77 bits per heavy atom. The van der Waals surface area contributed by atoms with Crippen LogP contribution in [0.3, 0.4) is 0 Å². The molecule has 1 aromatic heterocycles. The number of ether oxygens (including phenoxy) is 3. The van der Waals surface area contributed by atoms with Crippen LogP contribution in [0.25, 0.3) is 11.5 Å². The Bertz CT molecular complexity index is 927. The number of rotatable bonds is 11. The Morgan fingerprint density at radius 1 is 1.00 bits per heavy atom. The van der Waals surface area contributed by atoms with Gasteiger partial charge in [0, 0.05) is 24.3 Å². The van der Waals surface area contributed by atoms with Crippen LogP contribution in [0.4, 0.5) is 5.69 Å². The smallest absolute Gasteiger partial charge is 0.354 e. The molecule has 0 saturated heterocycles. The highest BCUT2D eigenvalue weighted by Crippen LogP contribution is 2.27. The van der Waals surface area contributed by atoms with Gasteiger partial charge in [-0.25, -0.2) is 0 Å². The van der Waals surface area contributed by atoms with Gasteiger partial charge < -0.3 is 29.4 Å². The van der Waals surface area contributed by atoms with Crippen LogP contribution in [0.5, 0.6) is 17.5 Å². The molecule has 0 amide bonds. The molecule has 0 atom stereocenters. The third-order valence-corrected chi connectivity index (χ3v) is 4.71. The summed E-state index contributed by atoms with van der Waals surface area (Å²) in [5.41, 5.74) is 8.39. The highest BCUT2D eigenvalue weighted by molar-refractivity contribution is 5.57. The lowest BCUT2D eigenvalue weighted by Crippen LogP contribution is -2.23. The van der Waals surface area contributed by atoms with Crippen LogP contribution in [-0.4, -0.2) is 56.0 Å². The average Bonchev–Trinajstić information content (AvgIpc) is 3.24. The van der Waals surface area contributed by atoms with E-state index in [4.69, 9.17) is 24.5 Å². The van der Waals surface area contributed by atoms with E-state index < -0.39 is 0 Å². The maximum absolute atomic E-state index is 5.69. The highest BCUT2D eigenvalue weighted by Gasteiger charge is 2.10. The number of anilines is 1. The number of hydrogen-bond donors (Lipinski definition) is 1. The second-order valence-electron chi connectivity index (χ2n) is 6.95. The zero-order chi connectivity index (χ0) is 21.3. The SMILES string of the molecule is COc1ccc(CCN(C)CCCOc2noc(-c3ccc(N)cc3)n2)cc1OC. The fourth-order valence-electron chi connectivity index (χ4n) is 2.98. The zero-order valence-electron chi connectivity index (χ0n) is 17.6. The normalized spacial score (nSPS) is 10.9. The minimum Gasteiger partial charge on any atom is -0.493 e. The molecule has 0 aliphatic carbocycles. The first-order valence-electron chi connectivity index (χ1n) is 9.81. The van der Waals surface area contributed by atoms with Gasteiger partial charge in [0.05, 0.1) is 20.8 Å². The van der Waals surface area contributed by atoms with E-state index in [2.05, 4.69) is 28.2 Å². The number of aromatic nitrogens is 2. The van der Waals surface area contributed by atoms with Gasteiger partial charge >= 0.3 is 6.01 Å². The van der Waals surface area contributed by atoms with Gasteiger partial charge in [-0.15, -0.1) is 0 Å². The lowest BCUT2D eigenvalue weighted by molar-refractivity contribution is 0.241. The predicted molar refractivity (Wildman–Crippen MR) is 115 cm³/mol. The second-order valence-corrected chi connectivity index (χ2v) is 6.95. The molecule has 0 fully saturated rings. The van der Waals surface area contributed by atoms with E-state index in [-0.39, 0.29) is 6.01 Å². The van der Waals surface area contributed by atoms with Crippen LogP contribution in [0.2, 0.25) is 0 Å². The van der Waals surface area contributed by atoms with E-state index in [0.29, 0.717) is 18.2 Å². The van der Waals surface area contributed by atoms with Crippen molar-refractivity contribution in [3.8, 4) is 29.0 Å². The number of nitrogens with two attached hydrogens (primary N) is 1. The minimum atomic E-state index is 0.245. The lowest BCUT2D eigenvalue weighted by atomic mass is 10.1. The average molecular weight is 412 g/mol. The molecule has 160 valence electrons. The van der Waals surface area contributed by atoms with Crippen LogP contribution in [-0.2, 0) is 6.42 Å². The third-order valence-electron chi connectivity index (χ3n) is 4.71. The van der Waals surface area contributed by atoms with Crippen molar-refractivity contribution in [3.63, 3.8) is 0 Å². The fourth-order valence-corrected chi connectivity index (χ4v) is 2.98. The summed E-state index contributed by atoms with van der Waals surface area (Å²) in [6.45, 7) is 2.34. The number of nitrogen functional groups attached to an aromatic ring is 1. The van der Waals surface area contributed by atoms with E-state index in [1.54, 1.807) is 26.4 Å². The monoisotopic (exact) mass is 412 g/mol. The molecule has 3 aromatic rings. The molecule has 3 rings (SSSR count). The molecule has 0 bridgehead atoms. The first kappa shape index (κ1) is 21.4. The maximum atomic E-state index is 5.69. The molecule has 2 N–H and O–H groups in total. The summed E-state index contributed by atoms with van der Waals surface area (Å²) < 4.78 is 21.5. The van der Waals surface area contributed by atoms with Crippen LogP contribution in [0.1, 0.15) is 12.0 Å². The summed E-state index contributed by atoms with van der Waals surface area (Å²) in [6, 6.07) is 13.5. The molecule has 8 heteroatoms. The van der Waals surface area contributed by atoms with Crippen molar-refractivity contribution in [1.29, 1.82) is 0 Å². The molecule has 0 radical (unpaired) electrons. The first-order chi connectivity index (χ1) is 14.6. The van der Waals surface area contributed by atoms with Gasteiger partial charge in [0.1, 0.15) is 0 Å². The minimum absolute atomic E-state index is 0.245. The van der Waals surface area contributed by atoms with Gasteiger partial charge in [0.2, 0.25) is 0 Å². The van der Waals surface area contributed by atoms with Crippen molar-refractivity contribution in [2.75, 3.05) is 46.7 Å². The van der Waals surface area contributed by atoms with Crippen LogP contribution in [0.15, 0.2) is 47.0 Å². The summed E-state index contributed by atoms with van der Waals surface area (Å²) in [7, 11) is 5.38. The Kier molecular flexibility index (Phi) is 7.51. The molecule has 0 aliphatic heterocycles. The fraction of sp³-hybridized carbons (Fsp3) is 0.364. The van der Waals surface area contributed by atoms with Gasteiger partial charge in [0.25, 0.3) is 5.89 Å². The lowest BCUT2D eigenvalue weighted by Gasteiger charge is -2.17. The van der Waals surface area contributed by atoms with Crippen LogP contribution < -0.4 is 19.9 Å². The molecular weight excluding hydrogens is 384 g/mol. The molecule has 0 spiro atoms. The van der Waals surface area contributed by atoms with Gasteiger partial charge in [-0.3, -0.25) is 0 Å². The largest absolute Gasteiger partial charge is 0.493 e. The molecule has 8 nitrogen and oxygen atoms in total. The molecule has 30 heavy (non-hydrogen) atoms. The van der Waals surface area contributed by atoms with Crippen molar-refractivity contribution in [2.45, 2.75) is 12.8 Å².